The third-order valence-electron chi connectivity index (χ3n) is 2.62. The Morgan fingerprint density at radius 3 is 2.89 bits per heavy atom. The zero-order chi connectivity index (χ0) is 13.1. The van der Waals surface area contributed by atoms with E-state index in [0.29, 0.717) is 12.3 Å². The molecule has 0 saturated carbocycles. The maximum atomic E-state index is 6.18. The highest BCUT2D eigenvalue weighted by Crippen LogP contribution is 2.28. The summed E-state index contributed by atoms with van der Waals surface area (Å²) in [5.41, 5.74) is 6.18. The lowest BCUT2D eigenvalue weighted by Crippen LogP contribution is -2.17. The predicted molar refractivity (Wildman–Crippen MR) is 74.8 cm³/mol. The molecule has 0 aromatic carbocycles. The van der Waals surface area contributed by atoms with Crippen LogP contribution in [0.5, 0.6) is 0 Å². The first-order chi connectivity index (χ1) is 8.58. The molecule has 0 aliphatic carbocycles. The first kappa shape index (κ1) is 13.5. The average molecular weight is 285 g/mol. The van der Waals surface area contributed by atoms with Crippen molar-refractivity contribution in [1.29, 1.82) is 0 Å². The molecule has 0 bridgehead atoms. The molecule has 0 fully saturated rings. The van der Waals surface area contributed by atoms with Gasteiger partial charge in [0, 0.05) is 23.9 Å². The van der Waals surface area contributed by atoms with Crippen LogP contribution in [0, 0.1) is 5.92 Å². The number of halogens is 1. The Labute approximate surface area is 116 Å². The number of rotatable bonds is 5. The van der Waals surface area contributed by atoms with Crippen LogP contribution in [0.15, 0.2) is 17.8 Å². The van der Waals surface area contributed by atoms with E-state index in [9.17, 15) is 0 Å². The molecule has 2 rings (SSSR count). The van der Waals surface area contributed by atoms with Crippen LogP contribution in [-0.4, -0.2) is 14.8 Å². The Balaban J connectivity index is 2.10. The fraction of sp³-hybridized carbons (Fsp3) is 0.500. The largest absolute Gasteiger partial charge is 0.323 e. The summed E-state index contributed by atoms with van der Waals surface area (Å²) in [6, 6.07) is 1.76. The zero-order valence-electron chi connectivity index (χ0n) is 10.5. The van der Waals surface area contributed by atoms with Crippen LogP contribution in [0.4, 0.5) is 0 Å². The summed E-state index contributed by atoms with van der Waals surface area (Å²) in [5, 5.41) is 6.93. The van der Waals surface area contributed by atoms with E-state index in [1.165, 1.54) is 0 Å². The van der Waals surface area contributed by atoms with E-state index in [1.807, 2.05) is 16.1 Å². The molecule has 98 valence electrons. The van der Waals surface area contributed by atoms with Crippen molar-refractivity contribution in [3.8, 4) is 0 Å². The van der Waals surface area contributed by atoms with Gasteiger partial charge in [-0.2, -0.15) is 5.10 Å². The van der Waals surface area contributed by atoms with Crippen LogP contribution in [-0.2, 0) is 13.0 Å². The van der Waals surface area contributed by atoms with Gasteiger partial charge < -0.3 is 5.73 Å². The van der Waals surface area contributed by atoms with E-state index < -0.39 is 0 Å². The molecule has 1 unspecified atom stereocenters. The summed E-state index contributed by atoms with van der Waals surface area (Å²) in [5.74, 6) is 1.45. The van der Waals surface area contributed by atoms with Crippen molar-refractivity contribution in [2.45, 2.75) is 32.9 Å². The van der Waals surface area contributed by atoms with Crippen LogP contribution in [0.2, 0.25) is 5.02 Å². The Morgan fingerprint density at radius 2 is 2.28 bits per heavy atom. The fourth-order valence-corrected chi connectivity index (χ4v) is 3.00. The molecule has 6 heteroatoms. The SMILES string of the molecule is CC(C)Cn1ncnc1CC(N)c1sccc1Cl. The molecule has 0 aliphatic rings. The lowest BCUT2D eigenvalue weighted by molar-refractivity contribution is 0.460. The van der Waals surface area contributed by atoms with Gasteiger partial charge >= 0.3 is 0 Å². The van der Waals surface area contributed by atoms with Crippen molar-refractivity contribution < 1.29 is 0 Å². The molecule has 2 N–H and O–H groups in total. The molecule has 0 radical (unpaired) electrons. The minimum atomic E-state index is -0.118. The highest BCUT2D eigenvalue weighted by atomic mass is 35.5. The van der Waals surface area contributed by atoms with Gasteiger partial charge in [0.15, 0.2) is 0 Å². The molecule has 0 aliphatic heterocycles. The van der Waals surface area contributed by atoms with E-state index >= 15 is 0 Å². The number of aromatic nitrogens is 3. The van der Waals surface area contributed by atoms with Gasteiger partial charge in [0.1, 0.15) is 12.2 Å². The molecule has 2 aromatic heterocycles. The molecule has 0 spiro atoms. The van der Waals surface area contributed by atoms with Crippen LogP contribution < -0.4 is 5.73 Å². The Hall–Kier alpha value is -0.910. The molecule has 4 nitrogen and oxygen atoms in total. The number of hydrogen-bond donors (Lipinski definition) is 1. The maximum Gasteiger partial charge on any atom is 0.138 e. The molecule has 0 saturated heterocycles. The number of nitrogens with zero attached hydrogens (tertiary/aromatic N) is 3. The molecule has 0 amide bonds. The smallest absolute Gasteiger partial charge is 0.138 e. The van der Waals surface area contributed by atoms with E-state index in [4.69, 9.17) is 17.3 Å². The van der Waals surface area contributed by atoms with Crippen molar-refractivity contribution in [2.24, 2.45) is 11.7 Å². The zero-order valence-corrected chi connectivity index (χ0v) is 12.1. The maximum absolute atomic E-state index is 6.18. The van der Waals surface area contributed by atoms with Gasteiger partial charge in [-0.3, -0.25) is 0 Å². The molecule has 18 heavy (non-hydrogen) atoms. The van der Waals surface area contributed by atoms with Crippen molar-refractivity contribution in [3.05, 3.63) is 33.5 Å². The van der Waals surface area contributed by atoms with Crippen molar-refractivity contribution in [2.75, 3.05) is 0 Å². The standard InChI is InChI=1S/C12H17ClN4S/c1-8(2)6-17-11(15-7-16-17)5-10(14)12-9(13)3-4-18-12/h3-4,7-8,10H,5-6,14H2,1-2H3. The van der Waals surface area contributed by atoms with E-state index in [1.54, 1.807) is 17.7 Å². The third kappa shape index (κ3) is 3.10. The summed E-state index contributed by atoms with van der Waals surface area (Å²) < 4.78 is 1.92. The minimum absolute atomic E-state index is 0.118. The first-order valence-corrected chi connectivity index (χ1v) is 7.19. The topological polar surface area (TPSA) is 56.7 Å². The normalized spacial score (nSPS) is 13.2. The Morgan fingerprint density at radius 1 is 1.50 bits per heavy atom. The van der Waals surface area contributed by atoms with Crippen LogP contribution in [0.1, 0.15) is 30.6 Å². The van der Waals surface area contributed by atoms with E-state index in [0.717, 1.165) is 22.3 Å². The second-order valence-electron chi connectivity index (χ2n) is 4.70. The number of thiophene rings is 1. The Bertz CT molecular complexity index is 506. The van der Waals surface area contributed by atoms with E-state index in [2.05, 4.69) is 23.9 Å². The number of hydrogen-bond acceptors (Lipinski definition) is 4. The van der Waals surface area contributed by atoms with Gasteiger partial charge in [0.2, 0.25) is 0 Å². The summed E-state index contributed by atoms with van der Waals surface area (Å²) in [6.07, 6.45) is 2.24. The molecule has 2 aromatic rings. The second kappa shape index (κ2) is 5.82. The Kier molecular flexibility index (Phi) is 4.37. The van der Waals surface area contributed by atoms with Crippen molar-refractivity contribution >= 4 is 22.9 Å². The quantitative estimate of drug-likeness (QED) is 0.918. The predicted octanol–water partition coefficient (Wildman–Crippen LogP) is 2.89. The third-order valence-corrected chi connectivity index (χ3v) is 4.11. The monoisotopic (exact) mass is 284 g/mol. The van der Waals surface area contributed by atoms with Crippen LogP contribution >= 0.6 is 22.9 Å². The highest BCUT2D eigenvalue weighted by Gasteiger charge is 2.16. The van der Waals surface area contributed by atoms with Crippen LogP contribution in [0.25, 0.3) is 0 Å². The van der Waals surface area contributed by atoms with Gasteiger partial charge in [-0.1, -0.05) is 25.4 Å². The molecular weight excluding hydrogens is 268 g/mol. The van der Waals surface area contributed by atoms with Gasteiger partial charge in [-0.15, -0.1) is 11.3 Å². The van der Waals surface area contributed by atoms with Gasteiger partial charge in [-0.25, -0.2) is 9.67 Å². The summed E-state index contributed by atoms with van der Waals surface area (Å²) in [4.78, 5) is 5.29. The first-order valence-electron chi connectivity index (χ1n) is 5.93. The molecular formula is C12H17ClN4S. The summed E-state index contributed by atoms with van der Waals surface area (Å²) >= 11 is 7.67. The fourth-order valence-electron chi connectivity index (χ4n) is 1.80. The summed E-state index contributed by atoms with van der Waals surface area (Å²) in [6.45, 7) is 5.17. The van der Waals surface area contributed by atoms with Crippen LogP contribution in [0.3, 0.4) is 0 Å². The van der Waals surface area contributed by atoms with Gasteiger partial charge in [0.05, 0.1) is 5.02 Å². The lowest BCUT2D eigenvalue weighted by atomic mass is 10.1. The van der Waals surface area contributed by atoms with Crippen molar-refractivity contribution in [3.63, 3.8) is 0 Å². The highest BCUT2D eigenvalue weighted by molar-refractivity contribution is 7.10. The number of nitrogens with two attached hydrogens (primary N) is 1. The summed E-state index contributed by atoms with van der Waals surface area (Å²) in [7, 11) is 0. The molecule has 2 heterocycles. The molecule has 1 atom stereocenters. The lowest BCUT2D eigenvalue weighted by Gasteiger charge is -2.12. The second-order valence-corrected chi connectivity index (χ2v) is 6.05. The van der Waals surface area contributed by atoms with E-state index in [-0.39, 0.29) is 6.04 Å². The van der Waals surface area contributed by atoms with Crippen molar-refractivity contribution in [1.82, 2.24) is 14.8 Å². The minimum Gasteiger partial charge on any atom is -0.323 e. The average Bonchev–Trinajstić information content (AvgIpc) is 2.88. The van der Waals surface area contributed by atoms with Gasteiger partial charge in [0.25, 0.3) is 0 Å². The van der Waals surface area contributed by atoms with Gasteiger partial charge in [-0.05, 0) is 17.4 Å².